The Morgan fingerprint density at radius 3 is 2.11 bits per heavy atom. The van der Waals surface area contributed by atoms with Crippen LogP contribution >= 0.6 is 0 Å². The van der Waals surface area contributed by atoms with Crippen LogP contribution in [0.15, 0.2) is 101 Å². The van der Waals surface area contributed by atoms with Gasteiger partial charge in [0, 0.05) is 44.8 Å². The Morgan fingerprint density at radius 1 is 0.857 bits per heavy atom. The Hall–Kier alpha value is -5.06. The number of rotatable bonds is 24. The molecule has 1 heterocycles. The van der Waals surface area contributed by atoms with Gasteiger partial charge in [0.1, 0.15) is 24.4 Å². The van der Waals surface area contributed by atoms with Crippen LogP contribution in [0.25, 0.3) is 0 Å². The molecule has 15 heteroatoms. The number of carbonyl (C=O) groups is 5. The molecule has 0 radical (unpaired) electrons. The van der Waals surface area contributed by atoms with Crippen molar-refractivity contribution in [3.8, 4) is 0 Å². The maximum atomic E-state index is 12.3. The quantitative estimate of drug-likeness (QED) is 0.0143. The van der Waals surface area contributed by atoms with Gasteiger partial charge in [-0.1, -0.05) is 106 Å². The van der Waals surface area contributed by atoms with E-state index in [1.165, 1.54) is 6.92 Å². The van der Waals surface area contributed by atoms with Gasteiger partial charge >= 0.3 is 5.97 Å². The minimum atomic E-state index is -1.84. The van der Waals surface area contributed by atoms with Crippen molar-refractivity contribution in [1.82, 2.24) is 10.2 Å². The number of amides is 2. The number of nitrogens with one attached hydrogen (secondary N) is 1. The molecule has 1 saturated heterocycles. The number of hydrogen-bond donors (Lipinski definition) is 6. The Morgan fingerprint density at radius 2 is 1.48 bits per heavy atom. The molecule has 2 aliphatic rings. The molecule has 2 amide bonds. The van der Waals surface area contributed by atoms with Crippen LogP contribution in [0, 0.1) is 17.8 Å². The summed E-state index contributed by atoms with van der Waals surface area (Å²) >= 11 is 0. The van der Waals surface area contributed by atoms with Gasteiger partial charge in [-0.25, -0.2) is 4.79 Å². The molecule has 1 aliphatic heterocycles. The number of carboxylic acid groups (broad SMARTS) is 1. The molecule has 1 saturated carbocycles. The van der Waals surface area contributed by atoms with Gasteiger partial charge in [0.25, 0.3) is 0 Å². The molecule has 1 aliphatic carbocycles. The predicted molar refractivity (Wildman–Crippen MR) is 243 cm³/mol. The van der Waals surface area contributed by atoms with Crippen LogP contribution in [0.3, 0.4) is 0 Å². The van der Waals surface area contributed by atoms with Gasteiger partial charge in [0.2, 0.25) is 11.8 Å². The number of hydrogen-bond acceptors (Lipinski definition) is 10. The zero-order chi connectivity index (χ0) is 47.1. The standard InChI is InChI=1S/C48H70N4O11/c1-31(22-16-13-14-21-29-52(7)48(49)50-36(6)53)23-17-15-18-24-32(2)30-35(5)43(62-47-42(58)40(56)41(57)44(63-47)46(60)61)33(3)25-19-11-9-8-10-12-20-26-34(4)45(59)51-39-37(54)27-28-38(39)55/h8-13,16-17,19-20,23,25-26,30-33,39-44,47,56-58H,14-15,18,21-22,24,27-29H2,1-7H3,(H,51,59)(H,60,61)(H2,49,50,53)/b10-8+,11-9+,16-13?,20-12?,23-17?,25-19?,34-26?,35-30?. The highest BCUT2D eigenvalue weighted by Gasteiger charge is 2.48. The molecule has 2 rings (SSSR count). The second-order valence-electron chi connectivity index (χ2n) is 16.4. The molecule has 7 N–H and O–H groups in total. The second kappa shape index (κ2) is 28.6. The average molecular weight is 879 g/mol. The molecule has 0 aromatic rings. The number of ketones is 2. The summed E-state index contributed by atoms with van der Waals surface area (Å²) in [7, 11) is 1.81. The number of carbonyl (C=O) groups excluding carboxylic acids is 4. The SMILES string of the molecule is CC(=O)N=C(N)N(C)CCCC=CCC(C)C=CCCCC(C)C=C(C)C(OC1OC(C(=O)O)C(O)C(O)C1O)C(C)C=C/C=C/C=C/C=CC=C(C)C(=O)NC1C(=O)CCC1=O. The minimum absolute atomic E-state index is 0.149. The molecule has 9 unspecified atom stereocenters. The Balaban J connectivity index is 1.98. The van der Waals surface area contributed by atoms with Crippen LogP contribution in [0.2, 0.25) is 0 Å². The minimum Gasteiger partial charge on any atom is -0.479 e. The molecule has 15 nitrogen and oxygen atoms in total. The first-order valence-corrected chi connectivity index (χ1v) is 21.7. The van der Waals surface area contributed by atoms with E-state index in [2.05, 4.69) is 54.5 Å². The van der Waals surface area contributed by atoms with Crippen LogP contribution < -0.4 is 11.1 Å². The number of allylic oxidation sites excluding steroid dienone is 13. The van der Waals surface area contributed by atoms with Gasteiger partial charge in [-0.05, 0) is 69.8 Å². The summed E-state index contributed by atoms with van der Waals surface area (Å²) in [5.41, 5.74) is 6.97. The Kier molecular flexibility index (Phi) is 24.5. The number of aliphatic hydroxyl groups excluding tert-OH is 3. The average Bonchev–Trinajstić information content (AvgIpc) is 3.54. The zero-order valence-corrected chi connectivity index (χ0v) is 37.8. The van der Waals surface area contributed by atoms with Gasteiger partial charge in [0.15, 0.2) is 29.9 Å². The maximum Gasteiger partial charge on any atom is 0.335 e. The van der Waals surface area contributed by atoms with Crippen LogP contribution in [0.4, 0.5) is 0 Å². The summed E-state index contributed by atoms with van der Waals surface area (Å²) in [6.45, 7) is 11.7. The fourth-order valence-corrected chi connectivity index (χ4v) is 6.84. The molecule has 0 aromatic carbocycles. The van der Waals surface area contributed by atoms with E-state index in [9.17, 15) is 44.4 Å². The molecule has 0 spiro atoms. The number of ether oxygens (including phenoxy) is 2. The van der Waals surface area contributed by atoms with Crippen molar-refractivity contribution in [1.29, 1.82) is 0 Å². The van der Waals surface area contributed by atoms with Crippen molar-refractivity contribution in [2.24, 2.45) is 28.5 Å². The summed E-state index contributed by atoms with van der Waals surface area (Å²) in [6.07, 6.45) is 23.1. The smallest absolute Gasteiger partial charge is 0.335 e. The molecule has 9 atom stereocenters. The molecular formula is C48H70N4O11. The summed E-state index contributed by atoms with van der Waals surface area (Å²) in [5.74, 6) is -2.37. The van der Waals surface area contributed by atoms with E-state index in [0.717, 1.165) is 44.1 Å². The van der Waals surface area contributed by atoms with E-state index in [-0.39, 0.29) is 48.1 Å². The number of nitrogens with two attached hydrogens (primary N) is 1. The summed E-state index contributed by atoms with van der Waals surface area (Å²) < 4.78 is 11.7. The monoisotopic (exact) mass is 879 g/mol. The molecule has 2 fully saturated rings. The number of guanidine groups is 1. The highest BCUT2D eigenvalue weighted by molar-refractivity contribution is 6.15. The van der Waals surface area contributed by atoms with Crippen molar-refractivity contribution in [3.05, 3.63) is 96.2 Å². The summed E-state index contributed by atoms with van der Waals surface area (Å²) in [5, 5.41) is 43.4. The number of aliphatic carboxylic acids is 1. The van der Waals surface area contributed by atoms with Gasteiger partial charge in [0.05, 0.1) is 6.10 Å². The number of nitrogens with zero attached hydrogens (tertiary/aromatic N) is 2. The lowest BCUT2D eigenvalue weighted by Crippen LogP contribution is -2.61. The zero-order valence-electron chi connectivity index (χ0n) is 37.8. The van der Waals surface area contributed by atoms with Crippen LogP contribution in [0.5, 0.6) is 0 Å². The lowest BCUT2D eigenvalue weighted by atomic mass is 9.92. The predicted octanol–water partition coefficient (Wildman–Crippen LogP) is 4.95. The number of unbranched alkanes of at least 4 members (excludes halogenated alkanes) is 2. The highest BCUT2D eigenvalue weighted by atomic mass is 16.7. The summed E-state index contributed by atoms with van der Waals surface area (Å²) in [6, 6.07) is -1.06. The molecule has 0 bridgehead atoms. The first-order valence-electron chi connectivity index (χ1n) is 21.7. The summed E-state index contributed by atoms with van der Waals surface area (Å²) in [4.78, 5) is 64.3. The highest BCUT2D eigenvalue weighted by Crippen LogP contribution is 2.29. The van der Waals surface area contributed by atoms with E-state index < -0.39 is 54.7 Å². The van der Waals surface area contributed by atoms with Crippen molar-refractivity contribution in [3.63, 3.8) is 0 Å². The van der Waals surface area contributed by atoms with Crippen LogP contribution in [-0.2, 0) is 33.4 Å². The first kappa shape index (κ1) is 54.1. The van der Waals surface area contributed by atoms with Gasteiger partial charge in [-0.15, -0.1) is 0 Å². The van der Waals surface area contributed by atoms with Crippen LogP contribution in [0.1, 0.15) is 92.9 Å². The number of carboxylic acids is 1. The first-order chi connectivity index (χ1) is 29.8. The fraction of sp³-hybridized carbons (Fsp3) is 0.542. The van der Waals surface area contributed by atoms with E-state index in [1.807, 2.05) is 33.0 Å². The largest absolute Gasteiger partial charge is 0.479 e. The molecule has 0 aromatic heterocycles. The maximum absolute atomic E-state index is 12.3. The second-order valence-corrected chi connectivity index (χ2v) is 16.4. The lowest BCUT2D eigenvalue weighted by molar-refractivity contribution is -0.303. The Bertz CT molecular complexity index is 1790. The molecule has 348 valence electrons. The molecule has 63 heavy (non-hydrogen) atoms. The van der Waals surface area contributed by atoms with Crippen molar-refractivity contribution in [2.45, 2.75) is 136 Å². The number of aliphatic hydroxyl groups is 3. The third-order valence-corrected chi connectivity index (χ3v) is 10.6. The van der Waals surface area contributed by atoms with Crippen molar-refractivity contribution < 1.29 is 53.9 Å². The van der Waals surface area contributed by atoms with E-state index in [1.54, 1.807) is 54.4 Å². The third kappa shape index (κ3) is 19.9. The lowest BCUT2D eigenvalue weighted by Gasteiger charge is -2.40. The van der Waals surface area contributed by atoms with E-state index >= 15 is 0 Å². The fourth-order valence-electron chi connectivity index (χ4n) is 6.84. The van der Waals surface area contributed by atoms with E-state index in [4.69, 9.17) is 15.2 Å². The Labute approximate surface area is 372 Å². The number of Topliss-reactive ketones (excluding diaryl/α,β-unsaturated/α-hetero) is 2. The van der Waals surface area contributed by atoms with Crippen molar-refractivity contribution >= 4 is 35.3 Å². The van der Waals surface area contributed by atoms with Crippen molar-refractivity contribution in [2.75, 3.05) is 13.6 Å². The van der Waals surface area contributed by atoms with Crippen LogP contribution in [-0.4, -0.2) is 117 Å². The van der Waals surface area contributed by atoms with E-state index in [0.29, 0.717) is 18.0 Å². The third-order valence-electron chi connectivity index (χ3n) is 10.6. The topological polar surface area (TPSA) is 238 Å². The van der Waals surface area contributed by atoms with Gasteiger partial charge in [-0.2, -0.15) is 4.99 Å². The van der Waals surface area contributed by atoms with Gasteiger partial charge < -0.3 is 45.9 Å². The number of aliphatic imine (C=N–C) groups is 1. The van der Waals surface area contributed by atoms with Gasteiger partial charge in [-0.3, -0.25) is 19.2 Å². The molecular weight excluding hydrogens is 809 g/mol. The normalized spacial score (nSPS) is 24.2.